The largest absolute Gasteiger partial charge is 0.481 e. The topological polar surface area (TPSA) is 116 Å². The molecular formula is C31H44F3N3O6. The summed E-state index contributed by atoms with van der Waals surface area (Å²) in [6.45, 7) is 7.46. The van der Waals surface area contributed by atoms with E-state index in [2.05, 4.69) is 5.32 Å². The summed E-state index contributed by atoms with van der Waals surface area (Å²) in [5, 5.41) is 12.1. The second-order valence-corrected chi connectivity index (χ2v) is 12.7. The third-order valence-electron chi connectivity index (χ3n) is 7.98. The van der Waals surface area contributed by atoms with Crippen molar-refractivity contribution < 1.29 is 42.2 Å². The molecule has 2 saturated heterocycles. The zero-order valence-electron chi connectivity index (χ0n) is 25.3. The number of hydrogen-bond donors (Lipinski definition) is 2. The molecule has 9 nitrogen and oxygen atoms in total. The number of piperidine rings is 2. The molecule has 2 aliphatic rings. The summed E-state index contributed by atoms with van der Waals surface area (Å²) in [5.74, 6) is -1.66. The Balaban J connectivity index is 1.46. The van der Waals surface area contributed by atoms with Crippen molar-refractivity contribution in [3.05, 3.63) is 35.4 Å². The maximum absolute atomic E-state index is 13.1. The van der Waals surface area contributed by atoms with Crippen LogP contribution in [-0.4, -0.2) is 76.6 Å². The predicted octanol–water partition coefficient (Wildman–Crippen LogP) is 5.26. The van der Waals surface area contributed by atoms with E-state index < -0.39 is 35.3 Å². The van der Waals surface area contributed by atoms with Crippen LogP contribution in [0.5, 0.6) is 0 Å². The number of hydrogen-bond acceptors (Lipinski definition) is 5. The van der Waals surface area contributed by atoms with Crippen LogP contribution in [0.4, 0.5) is 18.0 Å². The molecule has 3 amide bonds. The fourth-order valence-corrected chi connectivity index (χ4v) is 5.63. The minimum Gasteiger partial charge on any atom is -0.481 e. The van der Waals surface area contributed by atoms with Gasteiger partial charge in [0.2, 0.25) is 11.8 Å². The normalized spacial score (nSPS) is 19.1. The number of carboxylic acid groups (broad SMARTS) is 1. The van der Waals surface area contributed by atoms with E-state index in [1.165, 1.54) is 6.07 Å². The third-order valence-corrected chi connectivity index (χ3v) is 7.98. The molecule has 3 rings (SSSR count). The van der Waals surface area contributed by atoms with Crippen LogP contribution in [0, 0.1) is 11.8 Å². The van der Waals surface area contributed by atoms with Gasteiger partial charge in [0.1, 0.15) is 5.60 Å². The van der Waals surface area contributed by atoms with Crippen LogP contribution >= 0.6 is 0 Å². The number of nitrogens with zero attached hydrogens (tertiary/aromatic N) is 2. The summed E-state index contributed by atoms with van der Waals surface area (Å²) in [4.78, 5) is 53.2. The Kier molecular flexibility index (Phi) is 11.9. The monoisotopic (exact) mass is 611 g/mol. The highest BCUT2D eigenvalue weighted by molar-refractivity contribution is 5.82. The fraction of sp³-hybridized carbons (Fsp3) is 0.677. The highest BCUT2D eigenvalue weighted by atomic mass is 19.4. The number of aliphatic carboxylic acids is 1. The van der Waals surface area contributed by atoms with Gasteiger partial charge in [-0.1, -0.05) is 18.2 Å². The molecule has 2 fully saturated rings. The second kappa shape index (κ2) is 14.9. The molecule has 0 aliphatic carbocycles. The standard InChI is InChI=1S/C31H44F3N3O6/c1-30(2,3)43-29(42)36-16-13-21(14-17-36)10-12-26(38)37-15-5-7-23(20-37)28(41)35-25(19-27(39)40)11-9-22-6-4-8-24(18-22)31(32,33)34/h4,6,8,18,21,23,25H,5,7,9-17,19-20H2,1-3H3,(H,35,41)(H,39,40)/t23-,25-/m1/s1. The van der Waals surface area contributed by atoms with Crippen LogP contribution in [-0.2, 0) is 31.7 Å². The van der Waals surface area contributed by atoms with Crippen molar-refractivity contribution in [2.75, 3.05) is 26.2 Å². The summed E-state index contributed by atoms with van der Waals surface area (Å²) in [6.07, 6.45) is -0.962. The average molecular weight is 612 g/mol. The van der Waals surface area contributed by atoms with Crippen LogP contribution in [0.15, 0.2) is 24.3 Å². The quantitative estimate of drug-likeness (QED) is 0.373. The lowest BCUT2D eigenvalue weighted by atomic mass is 9.91. The van der Waals surface area contributed by atoms with Gasteiger partial charge in [0.05, 0.1) is 17.9 Å². The number of alkyl halides is 3. The molecular weight excluding hydrogens is 567 g/mol. The van der Waals surface area contributed by atoms with Crippen LogP contribution in [0.1, 0.15) is 83.3 Å². The first-order chi connectivity index (χ1) is 20.1. The maximum atomic E-state index is 13.1. The van der Waals surface area contributed by atoms with E-state index in [0.717, 1.165) is 25.0 Å². The van der Waals surface area contributed by atoms with E-state index in [0.29, 0.717) is 56.8 Å². The SMILES string of the molecule is CC(C)(C)OC(=O)N1CCC(CCC(=O)N2CCC[C@@H](C(=O)N[C@H](CCc3cccc(C(F)(F)F)c3)CC(=O)O)C2)CC1. The Labute approximate surface area is 251 Å². The lowest BCUT2D eigenvalue weighted by molar-refractivity contribution is -0.139. The Hall–Kier alpha value is -3.31. The van der Waals surface area contributed by atoms with Crippen molar-refractivity contribution in [2.24, 2.45) is 11.8 Å². The minimum atomic E-state index is -4.48. The highest BCUT2D eigenvalue weighted by Crippen LogP contribution is 2.30. The second-order valence-electron chi connectivity index (χ2n) is 12.7. The summed E-state index contributed by atoms with van der Waals surface area (Å²) < 4.78 is 44.6. The molecule has 0 saturated carbocycles. The number of benzene rings is 1. The van der Waals surface area contributed by atoms with Gasteiger partial charge in [0, 0.05) is 38.6 Å². The first-order valence-electron chi connectivity index (χ1n) is 15.0. The number of halogens is 3. The molecule has 0 bridgehead atoms. The van der Waals surface area contributed by atoms with Crippen LogP contribution in [0.2, 0.25) is 0 Å². The number of carboxylic acids is 1. The van der Waals surface area contributed by atoms with Crippen molar-refractivity contribution in [1.82, 2.24) is 15.1 Å². The number of ether oxygens (including phenoxy) is 1. The Bertz CT molecular complexity index is 1130. The zero-order valence-corrected chi connectivity index (χ0v) is 25.3. The molecule has 1 aromatic carbocycles. The summed E-state index contributed by atoms with van der Waals surface area (Å²) in [7, 11) is 0. The molecule has 0 spiro atoms. The predicted molar refractivity (Wildman–Crippen MR) is 153 cm³/mol. The molecule has 2 N–H and O–H groups in total. The molecule has 43 heavy (non-hydrogen) atoms. The van der Waals surface area contributed by atoms with Gasteiger partial charge >= 0.3 is 18.2 Å². The van der Waals surface area contributed by atoms with Crippen molar-refractivity contribution in [3.8, 4) is 0 Å². The lowest BCUT2D eigenvalue weighted by Crippen LogP contribution is -2.48. The summed E-state index contributed by atoms with van der Waals surface area (Å²) >= 11 is 0. The van der Waals surface area contributed by atoms with Gasteiger partial charge in [-0.2, -0.15) is 13.2 Å². The first-order valence-corrected chi connectivity index (χ1v) is 15.0. The Morgan fingerprint density at radius 2 is 1.74 bits per heavy atom. The number of amides is 3. The van der Waals surface area contributed by atoms with Gasteiger partial charge in [0.15, 0.2) is 0 Å². The molecule has 2 heterocycles. The zero-order chi connectivity index (χ0) is 31.8. The summed E-state index contributed by atoms with van der Waals surface area (Å²) in [6, 6.07) is 4.12. The van der Waals surface area contributed by atoms with Crippen LogP contribution < -0.4 is 5.32 Å². The van der Waals surface area contributed by atoms with E-state index >= 15 is 0 Å². The van der Waals surface area contributed by atoms with Gasteiger partial charge in [-0.15, -0.1) is 0 Å². The summed E-state index contributed by atoms with van der Waals surface area (Å²) in [5.41, 5.74) is -0.918. The molecule has 1 aromatic rings. The van der Waals surface area contributed by atoms with Gasteiger partial charge < -0.3 is 25.0 Å². The van der Waals surface area contributed by atoms with Gasteiger partial charge in [-0.05, 0) is 83.3 Å². The molecule has 240 valence electrons. The number of aryl methyl sites for hydroxylation is 1. The Morgan fingerprint density at radius 1 is 1.05 bits per heavy atom. The molecule has 0 radical (unpaired) electrons. The highest BCUT2D eigenvalue weighted by Gasteiger charge is 2.32. The van der Waals surface area contributed by atoms with Gasteiger partial charge in [-0.3, -0.25) is 14.4 Å². The van der Waals surface area contributed by atoms with E-state index in [1.54, 1.807) is 15.9 Å². The van der Waals surface area contributed by atoms with E-state index in [9.17, 15) is 37.5 Å². The number of likely N-dealkylation sites (tertiary alicyclic amines) is 2. The number of carbonyl (C=O) groups excluding carboxylic acids is 3. The van der Waals surface area contributed by atoms with Gasteiger partial charge in [0.25, 0.3) is 0 Å². The molecule has 0 unspecified atom stereocenters. The third kappa shape index (κ3) is 11.4. The number of carbonyl (C=O) groups is 4. The average Bonchev–Trinajstić information content (AvgIpc) is 2.93. The minimum absolute atomic E-state index is 0.0290. The fourth-order valence-electron chi connectivity index (χ4n) is 5.63. The smallest absolute Gasteiger partial charge is 0.416 e. The van der Waals surface area contributed by atoms with Crippen LogP contribution in [0.25, 0.3) is 0 Å². The number of rotatable bonds is 10. The molecule has 2 aliphatic heterocycles. The molecule has 12 heteroatoms. The van der Waals surface area contributed by atoms with E-state index in [-0.39, 0.29) is 43.7 Å². The van der Waals surface area contributed by atoms with Crippen molar-refractivity contribution in [2.45, 2.75) is 96.4 Å². The van der Waals surface area contributed by atoms with E-state index in [1.807, 2.05) is 20.8 Å². The first kappa shape index (κ1) is 34.2. The lowest BCUT2D eigenvalue weighted by Gasteiger charge is -2.35. The molecule has 0 aromatic heterocycles. The van der Waals surface area contributed by atoms with E-state index in [4.69, 9.17) is 4.74 Å². The van der Waals surface area contributed by atoms with Crippen LogP contribution in [0.3, 0.4) is 0 Å². The Morgan fingerprint density at radius 3 is 2.37 bits per heavy atom. The molecule has 2 atom stereocenters. The number of nitrogens with one attached hydrogen (secondary N) is 1. The van der Waals surface area contributed by atoms with Gasteiger partial charge in [-0.25, -0.2) is 4.79 Å². The van der Waals surface area contributed by atoms with Crippen molar-refractivity contribution >= 4 is 23.9 Å². The maximum Gasteiger partial charge on any atom is 0.416 e. The van der Waals surface area contributed by atoms with Crippen molar-refractivity contribution in [1.29, 1.82) is 0 Å². The van der Waals surface area contributed by atoms with Crippen molar-refractivity contribution in [3.63, 3.8) is 0 Å².